The van der Waals surface area contributed by atoms with Gasteiger partial charge in [-0.15, -0.1) is 0 Å². The number of nitrogens with one attached hydrogen (secondary N) is 1. The number of Topliss-reactive ketones (excluding diaryl/α,β-unsaturated/α-hetero) is 2. The number of hydrogen-bond acceptors (Lipinski definition) is 8. The van der Waals surface area contributed by atoms with E-state index in [-0.39, 0.29) is 34.5 Å². The molecule has 2 saturated carbocycles. The van der Waals surface area contributed by atoms with Crippen LogP contribution in [0.15, 0.2) is 61.2 Å². The maximum atomic E-state index is 13.4. The molecule has 6 rings (SSSR count). The molecule has 2 heterocycles. The highest BCUT2D eigenvalue weighted by Gasteiger charge is 2.42. The van der Waals surface area contributed by atoms with Gasteiger partial charge in [0.05, 0.1) is 24.2 Å². The zero-order chi connectivity index (χ0) is 37.7. The molecule has 0 saturated heterocycles. The smallest absolute Gasteiger partial charge is 0.341 e. The molecule has 2 aromatic heterocycles. The van der Waals surface area contributed by atoms with Crippen molar-refractivity contribution in [1.29, 1.82) is 0 Å². The predicted molar refractivity (Wildman–Crippen MR) is 182 cm³/mol. The van der Waals surface area contributed by atoms with Gasteiger partial charge in [0.2, 0.25) is 0 Å². The first-order valence-electron chi connectivity index (χ1n) is 16.3. The van der Waals surface area contributed by atoms with E-state index in [4.69, 9.17) is 28.9 Å². The van der Waals surface area contributed by atoms with E-state index in [1.165, 1.54) is 54.4 Å². The summed E-state index contributed by atoms with van der Waals surface area (Å²) in [7, 11) is 0. The normalized spacial score (nSPS) is 15.7. The minimum absolute atomic E-state index is 0.0151. The second-order valence-corrected chi connectivity index (χ2v) is 13.7. The van der Waals surface area contributed by atoms with Crippen molar-refractivity contribution in [1.82, 2.24) is 25.3 Å². The Hall–Kier alpha value is -4.40. The van der Waals surface area contributed by atoms with Gasteiger partial charge in [-0.1, -0.05) is 48.2 Å². The lowest BCUT2D eigenvalue weighted by Crippen LogP contribution is -2.39. The number of alkyl halides is 3. The number of amides is 1. The number of halogens is 7. The van der Waals surface area contributed by atoms with Gasteiger partial charge in [0.15, 0.2) is 11.6 Å². The van der Waals surface area contributed by atoms with E-state index in [2.05, 4.69) is 19.9 Å². The Morgan fingerprint density at radius 2 is 1.12 bits per heavy atom. The predicted octanol–water partition coefficient (Wildman–Crippen LogP) is 6.87. The third-order valence-electron chi connectivity index (χ3n) is 9.53. The summed E-state index contributed by atoms with van der Waals surface area (Å²) >= 11 is 12.5. The number of ketones is 2. The van der Waals surface area contributed by atoms with Crippen molar-refractivity contribution >= 4 is 40.7 Å². The summed E-state index contributed by atoms with van der Waals surface area (Å²) in [6.07, 6.45) is 7.08. The Bertz CT molecular complexity index is 1940. The van der Waals surface area contributed by atoms with Crippen LogP contribution in [0.5, 0.6) is 0 Å². The Labute approximate surface area is 305 Å². The van der Waals surface area contributed by atoms with E-state index in [0.29, 0.717) is 40.1 Å². The van der Waals surface area contributed by atoms with Crippen molar-refractivity contribution in [2.45, 2.75) is 68.4 Å². The van der Waals surface area contributed by atoms with Crippen LogP contribution in [0.1, 0.15) is 82.0 Å². The number of hydrogen-bond donors (Lipinski definition) is 2. The first-order valence-corrected chi connectivity index (χ1v) is 17.0. The lowest BCUT2D eigenvalue weighted by molar-refractivity contribution is -0.173. The van der Waals surface area contributed by atoms with Crippen LogP contribution in [0.25, 0.3) is 0 Å². The largest absolute Gasteiger partial charge is 0.471 e. The molecule has 0 unspecified atom stereocenters. The van der Waals surface area contributed by atoms with Crippen molar-refractivity contribution in [3.8, 4) is 0 Å². The van der Waals surface area contributed by atoms with Crippen molar-refractivity contribution in [3.05, 3.63) is 117 Å². The molecular formula is C36H33Cl2F5N6O3. The second-order valence-electron chi connectivity index (χ2n) is 12.9. The third-order valence-corrected chi connectivity index (χ3v) is 10.2. The highest BCUT2D eigenvalue weighted by molar-refractivity contribution is 6.31. The van der Waals surface area contributed by atoms with Crippen LogP contribution in [-0.4, -0.2) is 56.7 Å². The minimum atomic E-state index is -5.06. The first-order chi connectivity index (χ1) is 24.6. The van der Waals surface area contributed by atoms with E-state index in [0.717, 1.165) is 49.7 Å². The fourth-order valence-corrected chi connectivity index (χ4v) is 7.13. The van der Waals surface area contributed by atoms with Crippen LogP contribution >= 0.6 is 23.2 Å². The highest BCUT2D eigenvalue weighted by Crippen LogP contribution is 2.49. The number of carbonyl (C=O) groups excluding carboxylic acids is 3. The van der Waals surface area contributed by atoms with Crippen molar-refractivity contribution in [2.24, 2.45) is 5.73 Å². The zero-order valence-electron chi connectivity index (χ0n) is 27.6. The van der Waals surface area contributed by atoms with Gasteiger partial charge in [-0.3, -0.25) is 14.4 Å². The van der Waals surface area contributed by atoms with Crippen LogP contribution in [0.2, 0.25) is 10.0 Å². The lowest BCUT2D eigenvalue weighted by Gasteiger charge is -2.42. The molecule has 16 heteroatoms. The Kier molecular flexibility index (Phi) is 12.0. The molecule has 2 fully saturated rings. The number of carbonyl (C=O) groups is 3. The summed E-state index contributed by atoms with van der Waals surface area (Å²) < 4.78 is 63.1. The lowest BCUT2D eigenvalue weighted by atomic mass is 9.62. The van der Waals surface area contributed by atoms with Gasteiger partial charge in [-0.05, 0) is 61.1 Å². The van der Waals surface area contributed by atoms with Gasteiger partial charge in [-0.2, -0.15) is 13.2 Å². The monoisotopic (exact) mass is 762 g/mol. The summed E-state index contributed by atoms with van der Waals surface area (Å²) in [6.45, 7) is -0.867. The number of nitrogens with two attached hydrogens (primary N) is 1. The molecule has 0 spiro atoms. The fraction of sp³-hybridized carbons (Fsp3) is 0.361. The molecule has 52 heavy (non-hydrogen) atoms. The number of aromatic nitrogens is 4. The maximum Gasteiger partial charge on any atom is 0.471 e. The van der Waals surface area contributed by atoms with E-state index in [9.17, 15) is 36.3 Å². The Balaban J connectivity index is 0.000000206. The average molecular weight is 764 g/mol. The molecule has 0 atom stereocenters. The summed E-state index contributed by atoms with van der Waals surface area (Å²) in [5.74, 6) is -2.80. The van der Waals surface area contributed by atoms with Crippen LogP contribution in [-0.2, 0) is 28.5 Å². The molecule has 0 aliphatic heterocycles. The number of nitrogens with zero attached hydrogens (tertiary/aromatic N) is 4. The third kappa shape index (κ3) is 8.96. The van der Waals surface area contributed by atoms with Gasteiger partial charge in [0.25, 0.3) is 0 Å². The molecule has 9 nitrogen and oxygen atoms in total. The fourth-order valence-electron chi connectivity index (χ4n) is 6.40. The van der Waals surface area contributed by atoms with Gasteiger partial charge >= 0.3 is 12.1 Å². The Morgan fingerprint density at radius 3 is 1.44 bits per heavy atom. The van der Waals surface area contributed by atoms with Crippen LogP contribution in [0, 0.1) is 11.6 Å². The summed E-state index contributed by atoms with van der Waals surface area (Å²) in [5.41, 5.74) is 7.01. The van der Waals surface area contributed by atoms with Crippen molar-refractivity contribution in [3.63, 3.8) is 0 Å². The van der Waals surface area contributed by atoms with E-state index in [1.54, 1.807) is 12.1 Å². The van der Waals surface area contributed by atoms with Crippen LogP contribution < -0.4 is 11.1 Å². The maximum absolute atomic E-state index is 13.4. The quantitative estimate of drug-likeness (QED) is 0.125. The van der Waals surface area contributed by atoms with E-state index in [1.807, 2.05) is 0 Å². The molecule has 2 aromatic carbocycles. The molecule has 0 bridgehead atoms. The molecule has 2 aliphatic carbocycles. The molecule has 274 valence electrons. The van der Waals surface area contributed by atoms with Gasteiger partial charge in [0, 0.05) is 58.5 Å². The second kappa shape index (κ2) is 16.1. The highest BCUT2D eigenvalue weighted by atomic mass is 35.5. The molecule has 4 aromatic rings. The SMILES string of the molecule is NCC(=O)c1cnc(CC2(c3ccc(F)cc3Cl)CCC2)nc1.O=C(CNC(=O)C(F)(F)F)c1cnc(CC2(c3ccc(F)cc3Cl)CCC2)nc1. The Morgan fingerprint density at radius 1 is 0.712 bits per heavy atom. The van der Waals surface area contributed by atoms with Crippen LogP contribution in [0.3, 0.4) is 0 Å². The van der Waals surface area contributed by atoms with Crippen molar-refractivity contribution in [2.75, 3.05) is 13.1 Å². The zero-order valence-corrected chi connectivity index (χ0v) is 29.1. The van der Waals surface area contributed by atoms with Crippen molar-refractivity contribution < 1.29 is 36.3 Å². The van der Waals surface area contributed by atoms with Crippen LogP contribution in [0.4, 0.5) is 22.0 Å². The summed E-state index contributed by atoms with van der Waals surface area (Å²) in [5, 5.41) is 2.28. The number of rotatable bonds is 11. The summed E-state index contributed by atoms with van der Waals surface area (Å²) in [4.78, 5) is 51.0. The molecule has 3 N–H and O–H groups in total. The first kappa shape index (κ1) is 38.8. The van der Waals surface area contributed by atoms with Gasteiger partial charge in [0.1, 0.15) is 23.3 Å². The minimum Gasteiger partial charge on any atom is -0.341 e. The van der Waals surface area contributed by atoms with E-state index < -0.39 is 30.2 Å². The molecule has 0 radical (unpaired) electrons. The summed E-state index contributed by atoms with van der Waals surface area (Å²) in [6, 6.07) is 8.79. The topological polar surface area (TPSA) is 141 Å². The standard InChI is InChI=1S/C19H16ClF4N3O2.C17H17ClFN3O/c20-14-6-12(21)2-3-13(14)18(4-1-5-18)7-16-25-8-11(9-26-16)15(28)10-27-17(29)19(22,23)24;18-14-6-12(19)2-3-13(14)17(4-1-5-17)7-16-21-9-11(10-22-16)15(23)8-20/h2-3,6,8-9H,1,4-5,7,10H2,(H,27,29);2-3,6,9-10H,1,4-5,7-8,20H2. The molecule has 1 amide bonds. The van der Waals surface area contributed by atoms with Gasteiger partial charge in [-0.25, -0.2) is 28.7 Å². The molecule has 2 aliphatic rings. The molecular weight excluding hydrogens is 730 g/mol. The number of benzene rings is 2. The van der Waals surface area contributed by atoms with E-state index >= 15 is 0 Å². The average Bonchev–Trinajstić information content (AvgIpc) is 3.07. The van der Waals surface area contributed by atoms with Gasteiger partial charge < -0.3 is 11.1 Å².